The van der Waals surface area contributed by atoms with E-state index in [0.717, 1.165) is 95.5 Å². The van der Waals surface area contributed by atoms with E-state index in [4.69, 9.17) is 0 Å². The lowest BCUT2D eigenvalue weighted by atomic mass is 9.92. The first-order valence-corrected chi connectivity index (χ1v) is 11.0. The third-order valence-corrected chi connectivity index (χ3v) is 6.79. The van der Waals surface area contributed by atoms with Crippen molar-refractivity contribution in [2.24, 2.45) is 5.92 Å². The van der Waals surface area contributed by atoms with Gasteiger partial charge in [0.05, 0.1) is 17.7 Å². The molecule has 1 aromatic rings. The quantitative estimate of drug-likeness (QED) is 0.857. The van der Waals surface area contributed by atoms with Crippen LogP contribution in [0.15, 0.2) is 6.20 Å². The zero-order valence-electron chi connectivity index (χ0n) is 17.0. The first kappa shape index (κ1) is 19.4. The fourth-order valence-electron chi connectivity index (χ4n) is 5.11. The van der Waals surface area contributed by atoms with E-state index >= 15 is 0 Å². The van der Waals surface area contributed by atoms with Crippen LogP contribution < -0.4 is 0 Å². The molecule has 0 saturated carbocycles. The molecule has 28 heavy (non-hydrogen) atoms. The van der Waals surface area contributed by atoms with Crippen LogP contribution in [0.1, 0.15) is 61.5 Å². The van der Waals surface area contributed by atoms with Crippen LogP contribution in [0.25, 0.3) is 0 Å². The standard InChI is InChI=1S/C21H33N5O2/c1-2-19-18(14-22-23-19)21(28)25-12-7-17(8-13-25)26-11-5-6-16(15-26)20(27)24-9-3-4-10-24/h14,16-17H,2-13,15H2,1H3,(H,22,23)/t16-/m0/s1. The van der Waals surface area contributed by atoms with Crippen molar-refractivity contribution in [1.29, 1.82) is 0 Å². The minimum atomic E-state index is 0.102. The van der Waals surface area contributed by atoms with E-state index in [1.165, 1.54) is 0 Å². The first-order chi connectivity index (χ1) is 13.7. The van der Waals surface area contributed by atoms with Crippen molar-refractivity contribution < 1.29 is 9.59 Å². The van der Waals surface area contributed by atoms with E-state index in [1.807, 2.05) is 11.8 Å². The van der Waals surface area contributed by atoms with E-state index < -0.39 is 0 Å². The Hall–Kier alpha value is -1.89. The van der Waals surface area contributed by atoms with Crippen molar-refractivity contribution in [3.63, 3.8) is 0 Å². The van der Waals surface area contributed by atoms with Gasteiger partial charge in [0.1, 0.15) is 0 Å². The summed E-state index contributed by atoms with van der Waals surface area (Å²) in [5.74, 6) is 0.649. The van der Waals surface area contributed by atoms with E-state index in [9.17, 15) is 9.59 Å². The number of carbonyl (C=O) groups excluding carboxylic acids is 2. The van der Waals surface area contributed by atoms with Crippen molar-refractivity contribution in [2.45, 2.75) is 57.9 Å². The fraction of sp³-hybridized carbons (Fsp3) is 0.762. The molecule has 0 aromatic carbocycles. The van der Waals surface area contributed by atoms with E-state index in [0.29, 0.717) is 11.9 Å². The largest absolute Gasteiger partial charge is 0.342 e. The number of hydrogen-bond acceptors (Lipinski definition) is 4. The number of hydrogen-bond donors (Lipinski definition) is 1. The molecule has 0 spiro atoms. The molecular formula is C21H33N5O2. The molecule has 154 valence electrons. The number of H-pyrrole nitrogens is 1. The van der Waals surface area contributed by atoms with Crippen molar-refractivity contribution in [1.82, 2.24) is 24.9 Å². The molecule has 1 aromatic heterocycles. The predicted octanol–water partition coefficient (Wildman–Crippen LogP) is 1.91. The molecule has 3 aliphatic heterocycles. The van der Waals surface area contributed by atoms with Gasteiger partial charge >= 0.3 is 0 Å². The monoisotopic (exact) mass is 387 g/mol. The fourth-order valence-corrected chi connectivity index (χ4v) is 5.11. The van der Waals surface area contributed by atoms with Gasteiger partial charge in [0.25, 0.3) is 5.91 Å². The predicted molar refractivity (Wildman–Crippen MR) is 107 cm³/mol. The molecular weight excluding hydrogens is 354 g/mol. The number of carbonyl (C=O) groups is 2. The van der Waals surface area contributed by atoms with Crippen LogP contribution in [0.3, 0.4) is 0 Å². The zero-order chi connectivity index (χ0) is 19.5. The molecule has 2 amide bonds. The molecule has 0 bridgehead atoms. The molecule has 7 nitrogen and oxygen atoms in total. The summed E-state index contributed by atoms with van der Waals surface area (Å²) in [6.07, 6.45) is 8.90. The normalized spacial score (nSPS) is 24.7. The van der Waals surface area contributed by atoms with E-state index in [2.05, 4.69) is 20.0 Å². The minimum absolute atomic E-state index is 0.102. The van der Waals surface area contributed by atoms with Gasteiger partial charge in [-0.1, -0.05) is 6.92 Å². The molecule has 0 radical (unpaired) electrons. The molecule has 3 fully saturated rings. The number of aromatic amines is 1. The van der Waals surface area contributed by atoms with Gasteiger partial charge in [-0.05, 0) is 51.5 Å². The Morgan fingerprint density at radius 3 is 2.50 bits per heavy atom. The number of nitrogens with zero attached hydrogens (tertiary/aromatic N) is 4. The molecule has 0 aliphatic carbocycles. The van der Waals surface area contributed by atoms with Crippen LogP contribution in [-0.2, 0) is 11.2 Å². The van der Waals surface area contributed by atoms with Crippen molar-refractivity contribution in [2.75, 3.05) is 39.3 Å². The summed E-state index contributed by atoms with van der Waals surface area (Å²) in [7, 11) is 0. The Bertz CT molecular complexity index is 689. The number of aryl methyl sites for hydroxylation is 1. The Labute approximate surface area is 167 Å². The second kappa shape index (κ2) is 8.64. The average Bonchev–Trinajstić information content (AvgIpc) is 3.45. The van der Waals surface area contributed by atoms with Crippen molar-refractivity contribution in [3.05, 3.63) is 17.5 Å². The highest BCUT2D eigenvalue weighted by Gasteiger charge is 2.35. The van der Waals surface area contributed by atoms with Gasteiger partial charge in [0, 0.05) is 44.5 Å². The third kappa shape index (κ3) is 3.95. The van der Waals surface area contributed by atoms with Crippen molar-refractivity contribution in [3.8, 4) is 0 Å². The van der Waals surface area contributed by atoms with Crippen LogP contribution in [-0.4, -0.2) is 82.0 Å². The molecule has 1 atom stereocenters. The number of aromatic nitrogens is 2. The molecule has 0 unspecified atom stereocenters. The summed E-state index contributed by atoms with van der Waals surface area (Å²) in [5.41, 5.74) is 1.64. The Kier molecular flexibility index (Phi) is 5.99. The van der Waals surface area contributed by atoms with Gasteiger partial charge in [0.2, 0.25) is 5.91 Å². The summed E-state index contributed by atoms with van der Waals surface area (Å²) in [6.45, 7) is 7.50. The SMILES string of the molecule is CCc1[nH]ncc1C(=O)N1CCC(N2CCC[C@H](C(=O)N3CCCC3)C2)CC1. The summed E-state index contributed by atoms with van der Waals surface area (Å²) in [5, 5.41) is 6.97. The maximum atomic E-state index is 12.8. The maximum Gasteiger partial charge on any atom is 0.257 e. The van der Waals surface area contributed by atoms with Crippen LogP contribution in [0.4, 0.5) is 0 Å². The van der Waals surface area contributed by atoms with Gasteiger partial charge in [-0.25, -0.2) is 0 Å². The number of piperidine rings is 2. The van der Waals surface area contributed by atoms with Crippen LogP contribution in [0.5, 0.6) is 0 Å². The zero-order valence-corrected chi connectivity index (χ0v) is 17.0. The third-order valence-electron chi connectivity index (χ3n) is 6.79. The van der Waals surface area contributed by atoms with Crippen LogP contribution >= 0.6 is 0 Å². The Morgan fingerprint density at radius 1 is 1.04 bits per heavy atom. The highest BCUT2D eigenvalue weighted by molar-refractivity contribution is 5.95. The summed E-state index contributed by atoms with van der Waals surface area (Å²) >= 11 is 0. The molecule has 1 N–H and O–H groups in total. The smallest absolute Gasteiger partial charge is 0.257 e. The van der Waals surface area contributed by atoms with Gasteiger partial charge in [0.15, 0.2) is 0 Å². The molecule has 4 rings (SSSR count). The number of likely N-dealkylation sites (tertiary alicyclic amines) is 3. The van der Waals surface area contributed by atoms with Crippen molar-refractivity contribution >= 4 is 11.8 Å². The molecule has 3 aliphatic rings. The van der Waals surface area contributed by atoms with E-state index in [-0.39, 0.29) is 11.8 Å². The summed E-state index contributed by atoms with van der Waals surface area (Å²) in [6, 6.07) is 0.494. The second-order valence-corrected chi connectivity index (χ2v) is 8.51. The highest BCUT2D eigenvalue weighted by atomic mass is 16.2. The molecule has 3 saturated heterocycles. The van der Waals surface area contributed by atoms with E-state index in [1.54, 1.807) is 6.20 Å². The lowest BCUT2D eigenvalue weighted by Gasteiger charge is -2.42. The Balaban J connectivity index is 1.31. The topological polar surface area (TPSA) is 72.5 Å². The lowest BCUT2D eigenvalue weighted by molar-refractivity contribution is -0.136. The highest BCUT2D eigenvalue weighted by Crippen LogP contribution is 2.26. The van der Waals surface area contributed by atoms with Crippen LogP contribution in [0.2, 0.25) is 0 Å². The molecule has 4 heterocycles. The number of amides is 2. The number of nitrogens with one attached hydrogen (secondary N) is 1. The summed E-state index contributed by atoms with van der Waals surface area (Å²) in [4.78, 5) is 32.2. The average molecular weight is 388 g/mol. The van der Waals surface area contributed by atoms with Gasteiger partial charge in [-0.2, -0.15) is 5.10 Å². The maximum absolute atomic E-state index is 12.8. The lowest BCUT2D eigenvalue weighted by Crippen LogP contribution is -2.51. The van der Waals surface area contributed by atoms with Gasteiger partial charge in [-0.3, -0.25) is 19.6 Å². The first-order valence-electron chi connectivity index (χ1n) is 11.0. The molecule has 7 heteroatoms. The second-order valence-electron chi connectivity index (χ2n) is 8.51. The van der Waals surface area contributed by atoms with Gasteiger partial charge < -0.3 is 9.80 Å². The van der Waals surface area contributed by atoms with Crippen LogP contribution in [0, 0.1) is 5.92 Å². The summed E-state index contributed by atoms with van der Waals surface area (Å²) < 4.78 is 0. The minimum Gasteiger partial charge on any atom is -0.342 e. The van der Waals surface area contributed by atoms with Gasteiger partial charge in [-0.15, -0.1) is 0 Å². The Morgan fingerprint density at radius 2 is 1.79 bits per heavy atom. The number of rotatable bonds is 4.